The number of nitrogens with one attached hydrogen (secondary N) is 2. The molecule has 0 bridgehead atoms. The number of amides is 2. The first-order valence-electron chi connectivity index (χ1n) is 9.45. The van der Waals surface area contributed by atoms with Crippen LogP contribution in [-0.2, 0) is 4.79 Å². The highest BCUT2D eigenvalue weighted by Gasteiger charge is 2.08. The molecule has 154 valence electrons. The van der Waals surface area contributed by atoms with Crippen LogP contribution >= 0.6 is 11.6 Å². The molecule has 3 rings (SSSR count). The number of carbonyl (C=O) groups excluding carboxylic acids is 2. The molecular formula is C22H21ClN4O3. The number of rotatable bonds is 8. The first kappa shape index (κ1) is 21.3. The largest absolute Gasteiger partial charge is 0.494 e. The highest BCUT2D eigenvalue weighted by Crippen LogP contribution is 2.18. The van der Waals surface area contributed by atoms with Gasteiger partial charge in [-0.3, -0.25) is 9.59 Å². The zero-order valence-corrected chi connectivity index (χ0v) is 17.1. The van der Waals surface area contributed by atoms with Crippen LogP contribution in [-0.4, -0.2) is 36.2 Å². The van der Waals surface area contributed by atoms with Crippen molar-refractivity contribution in [3.8, 4) is 5.75 Å². The number of fused-ring (bicyclic) bond motifs is 1. The van der Waals surface area contributed by atoms with Crippen LogP contribution in [0.25, 0.3) is 10.9 Å². The van der Waals surface area contributed by atoms with Gasteiger partial charge in [-0.2, -0.15) is 5.10 Å². The number of benzene rings is 2. The molecule has 0 aliphatic carbocycles. The number of ether oxygens (including phenoxy) is 1. The second kappa shape index (κ2) is 10.4. The predicted molar refractivity (Wildman–Crippen MR) is 117 cm³/mol. The molecule has 8 heteroatoms. The number of aromatic nitrogens is 1. The number of hydrogen-bond acceptors (Lipinski definition) is 5. The van der Waals surface area contributed by atoms with Crippen molar-refractivity contribution in [3.63, 3.8) is 0 Å². The van der Waals surface area contributed by atoms with Gasteiger partial charge in [0.25, 0.3) is 11.8 Å². The van der Waals surface area contributed by atoms with E-state index in [-0.39, 0.29) is 17.6 Å². The lowest BCUT2D eigenvalue weighted by Crippen LogP contribution is -2.34. The van der Waals surface area contributed by atoms with Crippen LogP contribution in [0.15, 0.2) is 59.7 Å². The van der Waals surface area contributed by atoms with E-state index in [1.54, 1.807) is 24.3 Å². The second-order valence-electron chi connectivity index (χ2n) is 6.41. The lowest BCUT2D eigenvalue weighted by Gasteiger charge is -2.07. The lowest BCUT2D eigenvalue weighted by atomic mass is 10.2. The van der Waals surface area contributed by atoms with Gasteiger partial charge in [0.1, 0.15) is 10.9 Å². The third kappa shape index (κ3) is 5.78. The number of hydrogen-bond donors (Lipinski definition) is 2. The Morgan fingerprint density at radius 2 is 1.93 bits per heavy atom. The van der Waals surface area contributed by atoms with Gasteiger partial charge in [-0.25, -0.2) is 10.4 Å². The standard InChI is InChI=1S/C22H21ClN4O3/c1-2-11-30-18-9-7-15(8-10-18)22(29)24-14-20(28)27-25-13-17-12-16-5-3-4-6-19(16)26-21(17)23/h3-10,12-13H,2,11,14H2,1H3,(H,24,29)(H,27,28)/b25-13-. The molecule has 0 fully saturated rings. The molecule has 2 aromatic carbocycles. The Bertz CT molecular complexity index is 1070. The number of para-hydroxylation sites is 1. The van der Waals surface area contributed by atoms with Gasteiger partial charge in [0.05, 0.1) is 24.9 Å². The van der Waals surface area contributed by atoms with Crippen molar-refractivity contribution in [1.82, 2.24) is 15.7 Å². The molecule has 30 heavy (non-hydrogen) atoms. The van der Waals surface area contributed by atoms with E-state index in [2.05, 4.69) is 20.8 Å². The van der Waals surface area contributed by atoms with Gasteiger partial charge in [-0.05, 0) is 42.8 Å². The molecule has 3 aromatic rings. The Morgan fingerprint density at radius 3 is 2.70 bits per heavy atom. The first-order chi connectivity index (χ1) is 14.6. The minimum absolute atomic E-state index is 0.214. The minimum Gasteiger partial charge on any atom is -0.494 e. The molecule has 7 nitrogen and oxygen atoms in total. The van der Waals surface area contributed by atoms with E-state index < -0.39 is 5.91 Å². The van der Waals surface area contributed by atoms with Crippen molar-refractivity contribution in [1.29, 1.82) is 0 Å². The fraction of sp³-hybridized carbons (Fsp3) is 0.182. The van der Waals surface area contributed by atoms with Crippen LogP contribution in [0.2, 0.25) is 5.15 Å². The molecule has 0 saturated heterocycles. The minimum atomic E-state index is -0.465. The predicted octanol–water partition coefficient (Wildman–Crippen LogP) is 3.56. The average molecular weight is 425 g/mol. The molecule has 0 radical (unpaired) electrons. The third-order valence-electron chi connectivity index (χ3n) is 4.10. The summed E-state index contributed by atoms with van der Waals surface area (Å²) in [4.78, 5) is 28.4. The molecule has 0 atom stereocenters. The van der Waals surface area contributed by atoms with Crippen LogP contribution in [0.1, 0.15) is 29.3 Å². The molecule has 0 aliphatic rings. The summed E-state index contributed by atoms with van der Waals surface area (Å²) < 4.78 is 5.48. The van der Waals surface area contributed by atoms with Gasteiger partial charge < -0.3 is 10.1 Å². The quantitative estimate of drug-likeness (QED) is 0.328. The Kier molecular flexibility index (Phi) is 7.34. The Labute approximate surface area is 179 Å². The summed E-state index contributed by atoms with van der Waals surface area (Å²) in [5, 5.41) is 7.62. The topological polar surface area (TPSA) is 92.7 Å². The Morgan fingerprint density at radius 1 is 1.17 bits per heavy atom. The lowest BCUT2D eigenvalue weighted by molar-refractivity contribution is -0.120. The van der Waals surface area contributed by atoms with E-state index in [0.29, 0.717) is 23.5 Å². The van der Waals surface area contributed by atoms with E-state index in [1.165, 1.54) is 6.21 Å². The summed E-state index contributed by atoms with van der Waals surface area (Å²) in [7, 11) is 0. The molecule has 0 unspecified atom stereocenters. The molecule has 1 aromatic heterocycles. The maximum absolute atomic E-state index is 12.1. The van der Waals surface area contributed by atoms with Crippen LogP contribution in [0.3, 0.4) is 0 Å². The molecule has 2 amide bonds. The molecule has 1 heterocycles. The maximum atomic E-state index is 12.1. The summed E-state index contributed by atoms with van der Waals surface area (Å²) in [6, 6.07) is 16.1. The first-order valence-corrected chi connectivity index (χ1v) is 9.83. The molecule has 2 N–H and O–H groups in total. The average Bonchev–Trinajstić information content (AvgIpc) is 2.76. The SMILES string of the molecule is CCCOc1ccc(C(=O)NCC(=O)N/N=C\c2cc3ccccc3nc2Cl)cc1. The van der Waals surface area contributed by atoms with Gasteiger partial charge in [-0.1, -0.05) is 36.7 Å². The van der Waals surface area contributed by atoms with Crippen molar-refractivity contribution in [2.75, 3.05) is 13.2 Å². The number of hydrazone groups is 1. The fourth-order valence-corrected chi connectivity index (χ4v) is 2.79. The molecule has 0 saturated carbocycles. The summed E-state index contributed by atoms with van der Waals surface area (Å²) >= 11 is 6.15. The van der Waals surface area contributed by atoms with Gasteiger partial charge >= 0.3 is 0 Å². The van der Waals surface area contributed by atoms with E-state index in [4.69, 9.17) is 16.3 Å². The van der Waals surface area contributed by atoms with Crippen molar-refractivity contribution >= 4 is 40.5 Å². The Balaban J connectivity index is 1.50. The Hall–Kier alpha value is -3.45. The molecule has 0 spiro atoms. The highest BCUT2D eigenvalue weighted by molar-refractivity contribution is 6.32. The third-order valence-corrected chi connectivity index (χ3v) is 4.40. The van der Waals surface area contributed by atoms with Crippen LogP contribution < -0.4 is 15.5 Å². The van der Waals surface area contributed by atoms with Crippen molar-refractivity contribution < 1.29 is 14.3 Å². The van der Waals surface area contributed by atoms with Crippen molar-refractivity contribution in [2.45, 2.75) is 13.3 Å². The number of nitrogens with zero attached hydrogens (tertiary/aromatic N) is 2. The summed E-state index contributed by atoms with van der Waals surface area (Å²) in [6.07, 6.45) is 2.32. The fourth-order valence-electron chi connectivity index (χ4n) is 2.60. The number of halogens is 1. The second-order valence-corrected chi connectivity index (χ2v) is 6.77. The molecule has 0 aliphatic heterocycles. The zero-order valence-electron chi connectivity index (χ0n) is 16.4. The monoisotopic (exact) mass is 424 g/mol. The summed E-state index contributed by atoms with van der Waals surface area (Å²) in [5.74, 6) is -0.132. The molecular weight excluding hydrogens is 404 g/mol. The van der Waals surface area contributed by atoms with E-state index in [0.717, 1.165) is 17.3 Å². The summed E-state index contributed by atoms with van der Waals surface area (Å²) in [5.41, 5.74) is 4.14. The normalized spacial score (nSPS) is 10.9. The van der Waals surface area contributed by atoms with Crippen LogP contribution in [0.4, 0.5) is 0 Å². The van der Waals surface area contributed by atoms with Crippen LogP contribution in [0, 0.1) is 0 Å². The smallest absolute Gasteiger partial charge is 0.259 e. The highest BCUT2D eigenvalue weighted by atomic mass is 35.5. The summed E-state index contributed by atoms with van der Waals surface area (Å²) in [6.45, 7) is 2.42. The van der Waals surface area contributed by atoms with Gasteiger partial charge in [0.15, 0.2) is 0 Å². The maximum Gasteiger partial charge on any atom is 0.259 e. The van der Waals surface area contributed by atoms with Crippen molar-refractivity contribution in [3.05, 3.63) is 70.9 Å². The van der Waals surface area contributed by atoms with Crippen molar-refractivity contribution in [2.24, 2.45) is 5.10 Å². The zero-order chi connectivity index (χ0) is 21.3. The van der Waals surface area contributed by atoms with E-state index in [1.807, 2.05) is 37.3 Å². The van der Waals surface area contributed by atoms with Gasteiger partial charge in [0.2, 0.25) is 0 Å². The van der Waals surface area contributed by atoms with Gasteiger partial charge in [0, 0.05) is 16.5 Å². The number of pyridine rings is 1. The van der Waals surface area contributed by atoms with Gasteiger partial charge in [-0.15, -0.1) is 0 Å². The van der Waals surface area contributed by atoms with Crippen LogP contribution in [0.5, 0.6) is 5.75 Å². The number of carbonyl (C=O) groups is 2. The van der Waals surface area contributed by atoms with E-state index in [9.17, 15) is 9.59 Å². The van der Waals surface area contributed by atoms with E-state index >= 15 is 0 Å².